The fraction of sp³-hybridized carbons (Fsp3) is 0.375. The number of carbonyl (C=O) groups excluding carboxylic acids is 1. The highest BCUT2D eigenvalue weighted by molar-refractivity contribution is 5.90. The van der Waals surface area contributed by atoms with E-state index in [1.54, 1.807) is 6.20 Å². The van der Waals surface area contributed by atoms with Crippen LogP contribution in [-0.2, 0) is 0 Å². The number of aliphatic hydroxyl groups excluding tert-OH is 1. The van der Waals surface area contributed by atoms with Gasteiger partial charge in [-0.25, -0.2) is 9.78 Å². The van der Waals surface area contributed by atoms with Crippen molar-refractivity contribution in [3.8, 4) is 11.5 Å². The molecule has 2 rings (SSSR count). The predicted octanol–water partition coefficient (Wildman–Crippen LogP) is 2.93. The quantitative estimate of drug-likeness (QED) is 0.765. The topological polar surface area (TPSA) is 87.4 Å². The number of nitrogens with zero attached hydrogens (tertiary/aromatic N) is 1. The third kappa shape index (κ3) is 4.33. The number of oxazole rings is 1. The Labute approximate surface area is 129 Å². The van der Waals surface area contributed by atoms with Gasteiger partial charge in [-0.15, -0.1) is 0 Å². The van der Waals surface area contributed by atoms with Crippen molar-refractivity contribution in [2.45, 2.75) is 32.8 Å². The molecule has 0 radical (unpaired) electrons. The number of aromatic nitrogens is 1. The first-order valence-corrected chi connectivity index (χ1v) is 7.33. The molecule has 1 aromatic carbocycles. The minimum Gasteiger partial charge on any atom is -0.445 e. The van der Waals surface area contributed by atoms with Gasteiger partial charge in [0.25, 0.3) is 0 Å². The van der Waals surface area contributed by atoms with Crippen molar-refractivity contribution < 1.29 is 14.3 Å². The average Bonchev–Trinajstić information content (AvgIpc) is 3.03. The summed E-state index contributed by atoms with van der Waals surface area (Å²) in [5, 5.41) is 15.0. The number of rotatable bonds is 6. The lowest BCUT2D eigenvalue weighted by Crippen LogP contribution is -2.31. The zero-order chi connectivity index (χ0) is 15.9. The van der Waals surface area contributed by atoms with Gasteiger partial charge in [-0.2, -0.15) is 0 Å². The molecule has 1 unspecified atom stereocenters. The van der Waals surface area contributed by atoms with Gasteiger partial charge in [-0.1, -0.05) is 13.0 Å². The molecule has 22 heavy (non-hydrogen) atoms. The van der Waals surface area contributed by atoms with Crippen LogP contribution in [0.4, 0.5) is 10.5 Å². The summed E-state index contributed by atoms with van der Waals surface area (Å²) < 4.78 is 5.26. The van der Waals surface area contributed by atoms with Crippen LogP contribution in [0.2, 0.25) is 0 Å². The van der Waals surface area contributed by atoms with Gasteiger partial charge in [0.15, 0.2) is 0 Å². The predicted molar refractivity (Wildman–Crippen MR) is 84.6 cm³/mol. The van der Waals surface area contributed by atoms with Gasteiger partial charge in [0.2, 0.25) is 5.89 Å². The van der Waals surface area contributed by atoms with Crippen LogP contribution in [0.3, 0.4) is 0 Å². The number of aryl methyl sites for hydroxylation is 1. The summed E-state index contributed by atoms with van der Waals surface area (Å²) in [6.07, 6.45) is 3.93. The Bertz CT molecular complexity index is 611. The van der Waals surface area contributed by atoms with Gasteiger partial charge in [-0.05, 0) is 37.5 Å². The van der Waals surface area contributed by atoms with Crippen LogP contribution in [-0.4, -0.2) is 28.8 Å². The van der Waals surface area contributed by atoms with Crippen molar-refractivity contribution in [2.24, 2.45) is 0 Å². The smallest absolute Gasteiger partial charge is 0.319 e. The number of benzene rings is 1. The number of nitrogens with one attached hydrogen (secondary N) is 2. The fourth-order valence-electron chi connectivity index (χ4n) is 1.98. The highest BCUT2D eigenvalue weighted by atomic mass is 16.3. The Kier molecular flexibility index (Phi) is 5.55. The van der Waals surface area contributed by atoms with E-state index < -0.39 is 0 Å². The maximum atomic E-state index is 11.9. The zero-order valence-electron chi connectivity index (χ0n) is 12.8. The van der Waals surface area contributed by atoms with Crippen LogP contribution < -0.4 is 10.6 Å². The van der Waals surface area contributed by atoms with E-state index in [2.05, 4.69) is 15.6 Å². The Hall–Kier alpha value is -2.34. The third-order valence-electron chi connectivity index (χ3n) is 3.40. The monoisotopic (exact) mass is 303 g/mol. The SMILES string of the molecule is CCC(O)CCNC(=O)Nc1cc(-c2ncco2)ccc1C. The minimum absolute atomic E-state index is 0.295. The van der Waals surface area contributed by atoms with Crippen LogP contribution in [0.25, 0.3) is 11.5 Å². The molecule has 1 aromatic heterocycles. The molecule has 2 aromatic rings. The molecule has 0 spiro atoms. The first-order chi connectivity index (χ1) is 10.6. The van der Waals surface area contributed by atoms with E-state index in [0.717, 1.165) is 11.1 Å². The molecular weight excluding hydrogens is 282 g/mol. The minimum atomic E-state index is -0.379. The van der Waals surface area contributed by atoms with E-state index in [9.17, 15) is 9.90 Å². The molecule has 0 aliphatic rings. The third-order valence-corrected chi connectivity index (χ3v) is 3.40. The zero-order valence-corrected chi connectivity index (χ0v) is 12.8. The maximum absolute atomic E-state index is 11.9. The van der Waals surface area contributed by atoms with E-state index in [1.807, 2.05) is 32.0 Å². The number of hydrogen-bond donors (Lipinski definition) is 3. The molecule has 1 heterocycles. The van der Waals surface area contributed by atoms with Gasteiger partial charge in [0.1, 0.15) is 6.26 Å². The van der Waals surface area contributed by atoms with E-state index in [4.69, 9.17) is 4.42 Å². The van der Waals surface area contributed by atoms with E-state index in [0.29, 0.717) is 31.0 Å². The number of carbonyl (C=O) groups is 1. The Morgan fingerprint density at radius 3 is 2.95 bits per heavy atom. The fourth-order valence-corrected chi connectivity index (χ4v) is 1.98. The Balaban J connectivity index is 1.97. The molecule has 6 nitrogen and oxygen atoms in total. The van der Waals surface area contributed by atoms with Crippen LogP contribution in [0, 0.1) is 6.92 Å². The molecular formula is C16H21N3O3. The first-order valence-electron chi connectivity index (χ1n) is 7.33. The summed E-state index contributed by atoms with van der Waals surface area (Å²) in [4.78, 5) is 16.0. The number of hydrogen-bond acceptors (Lipinski definition) is 4. The van der Waals surface area contributed by atoms with Crippen LogP contribution >= 0.6 is 0 Å². The van der Waals surface area contributed by atoms with Crippen molar-refractivity contribution in [2.75, 3.05) is 11.9 Å². The summed E-state index contributed by atoms with van der Waals surface area (Å²) in [7, 11) is 0. The Morgan fingerprint density at radius 1 is 1.45 bits per heavy atom. The van der Waals surface area contributed by atoms with Crippen molar-refractivity contribution in [1.82, 2.24) is 10.3 Å². The second-order valence-corrected chi connectivity index (χ2v) is 5.10. The highest BCUT2D eigenvalue weighted by Gasteiger charge is 2.09. The summed E-state index contributed by atoms with van der Waals surface area (Å²) in [5.41, 5.74) is 2.44. The number of amides is 2. The van der Waals surface area contributed by atoms with Gasteiger partial charge < -0.3 is 20.2 Å². The van der Waals surface area contributed by atoms with Crippen molar-refractivity contribution >= 4 is 11.7 Å². The number of aliphatic hydroxyl groups is 1. The molecule has 0 fully saturated rings. The van der Waals surface area contributed by atoms with Gasteiger partial charge >= 0.3 is 6.03 Å². The second-order valence-electron chi connectivity index (χ2n) is 5.10. The Morgan fingerprint density at radius 2 is 2.27 bits per heavy atom. The lowest BCUT2D eigenvalue weighted by atomic mass is 10.1. The largest absolute Gasteiger partial charge is 0.445 e. The number of urea groups is 1. The van der Waals surface area contributed by atoms with Crippen LogP contribution in [0.5, 0.6) is 0 Å². The molecule has 1 atom stereocenters. The van der Waals surface area contributed by atoms with E-state index in [1.165, 1.54) is 6.26 Å². The van der Waals surface area contributed by atoms with Crippen molar-refractivity contribution in [3.63, 3.8) is 0 Å². The average molecular weight is 303 g/mol. The normalized spacial score (nSPS) is 12.0. The summed E-state index contributed by atoms with van der Waals surface area (Å²) >= 11 is 0. The van der Waals surface area contributed by atoms with Crippen molar-refractivity contribution in [3.05, 3.63) is 36.2 Å². The van der Waals surface area contributed by atoms with Crippen LogP contribution in [0.1, 0.15) is 25.3 Å². The molecule has 0 aliphatic carbocycles. The maximum Gasteiger partial charge on any atom is 0.319 e. The molecule has 0 bridgehead atoms. The van der Waals surface area contributed by atoms with Crippen LogP contribution in [0.15, 0.2) is 35.1 Å². The molecule has 0 saturated heterocycles. The molecule has 118 valence electrons. The molecule has 6 heteroatoms. The number of anilines is 1. The van der Waals surface area contributed by atoms with Gasteiger partial charge in [0.05, 0.1) is 12.3 Å². The molecule has 2 amide bonds. The molecule has 3 N–H and O–H groups in total. The van der Waals surface area contributed by atoms with Gasteiger partial charge in [0, 0.05) is 17.8 Å². The second kappa shape index (κ2) is 7.61. The first kappa shape index (κ1) is 16.0. The molecule has 0 saturated carbocycles. The van der Waals surface area contributed by atoms with Crippen molar-refractivity contribution in [1.29, 1.82) is 0 Å². The molecule has 0 aliphatic heterocycles. The lowest BCUT2D eigenvalue weighted by molar-refractivity contribution is 0.160. The summed E-state index contributed by atoms with van der Waals surface area (Å²) in [5.74, 6) is 0.509. The summed E-state index contributed by atoms with van der Waals surface area (Å²) in [6.45, 7) is 4.25. The van der Waals surface area contributed by atoms with E-state index in [-0.39, 0.29) is 12.1 Å². The highest BCUT2D eigenvalue weighted by Crippen LogP contribution is 2.24. The van der Waals surface area contributed by atoms with E-state index >= 15 is 0 Å². The van der Waals surface area contributed by atoms with Gasteiger partial charge in [-0.3, -0.25) is 0 Å². The standard InChI is InChI=1S/C16H21N3O3/c1-3-13(20)6-7-18-16(21)19-14-10-12(5-4-11(14)2)15-17-8-9-22-15/h4-5,8-10,13,20H,3,6-7H2,1-2H3,(H2,18,19,21). The summed E-state index contributed by atoms with van der Waals surface area (Å²) in [6, 6.07) is 5.32. The lowest BCUT2D eigenvalue weighted by Gasteiger charge is -2.12.